The van der Waals surface area contributed by atoms with Crippen molar-refractivity contribution in [2.75, 3.05) is 38.6 Å². The molecule has 3 aromatic rings. The number of aromatic nitrogens is 2. The molecule has 0 saturated heterocycles. The second-order valence-corrected chi connectivity index (χ2v) is 6.06. The average Bonchev–Trinajstić information content (AvgIpc) is 2.66. The van der Waals surface area contributed by atoms with Gasteiger partial charge in [-0.1, -0.05) is 26.0 Å². The quantitative estimate of drug-likeness (QED) is 0.498. The highest BCUT2D eigenvalue weighted by atomic mass is 16.5. The fourth-order valence-electron chi connectivity index (χ4n) is 3.02. The van der Waals surface area contributed by atoms with Gasteiger partial charge in [0.05, 0.1) is 29.3 Å². The summed E-state index contributed by atoms with van der Waals surface area (Å²) in [5.74, 6) is 0.795. The monoisotopic (exact) mass is 338 g/mol. The van der Waals surface area contributed by atoms with E-state index in [0.29, 0.717) is 0 Å². The molecular weight excluding hydrogens is 312 g/mol. The first-order chi connectivity index (χ1) is 12.2. The van der Waals surface area contributed by atoms with Crippen LogP contribution in [0.4, 0.5) is 5.69 Å². The summed E-state index contributed by atoms with van der Waals surface area (Å²) in [5.41, 5.74) is 4.53. The first kappa shape index (κ1) is 17.4. The van der Waals surface area contributed by atoms with Crippen LogP contribution in [0.1, 0.15) is 20.3 Å². The summed E-state index contributed by atoms with van der Waals surface area (Å²) in [5, 5.41) is 3.52. The molecule has 0 amide bonds. The lowest BCUT2D eigenvalue weighted by atomic mass is 10.2. The SMILES string of the molecule is CCN(CC)CCCNc1cc(OC)cc2nc3ccccc3nc12. The first-order valence-corrected chi connectivity index (χ1v) is 8.96. The number of fused-ring (bicyclic) bond motifs is 2. The largest absolute Gasteiger partial charge is 0.497 e. The van der Waals surface area contributed by atoms with Crippen molar-refractivity contribution in [3.8, 4) is 5.75 Å². The van der Waals surface area contributed by atoms with Crippen LogP contribution in [0, 0.1) is 0 Å². The van der Waals surface area contributed by atoms with E-state index in [2.05, 4.69) is 24.1 Å². The molecule has 5 heteroatoms. The highest BCUT2D eigenvalue weighted by Gasteiger charge is 2.09. The van der Waals surface area contributed by atoms with Gasteiger partial charge in [0.25, 0.3) is 0 Å². The van der Waals surface area contributed by atoms with Crippen LogP contribution in [-0.4, -0.2) is 48.2 Å². The van der Waals surface area contributed by atoms with Gasteiger partial charge >= 0.3 is 0 Å². The molecule has 0 radical (unpaired) electrons. The Balaban J connectivity index is 1.86. The number of ether oxygens (including phenoxy) is 1. The molecule has 132 valence electrons. The second kappa shape index (κ2) is 8.12. The van der Waals surface area contributed by atoms with Gasteiger partial charge in [-0.2, -0.15) is 0 Å². The zero-order valence-corrected chi connectivity index (χ0v) is 15.2. The lowest BCUT2D eigenvalue weighted by molar-refractivity contribution is 0.303. The molecular formula is C20H26N4O. The Kier molecular flexibility index (Phi) is 5.66. The number of benzene rings is 2. The van der Waals surface area contributed by atoms with E-state index >= 15 is 0 Å². The fourth-order valence-corrected chi connectivity index (χ4v) is 3.02. The summed E-state index contributed by atoms with van der Waals surface area (Å²) in [6, 6.07) is 11.9. The van der Waals surface area contributed by atoms with Crippen LogP contribution in [0.3, 0.4) is 0 Å². The van der Waals surface area contributed by atoms with E-state index in [1.165, 1.54) is 0 Å². The van der Waals surface area contributed by atoms with Crippen molar-refractivity contribution in [3.63, 3.8) is 0 Å². The smallest absolute Gasteiger partial charge is 0.123 e. The Morgan fingerprint density at radius 2 is 1.72 bits per heavy atom. The van der Waals surface area contributed by atoms with Crippen molar-refractivity contribution >= 4 is 27.8 Å². The van der Waals surface area contributed by atoms with E-state index < -0.39 is 0 Å². The van der Waals surface area contributed by atoms with Crippen molar-refractivity contribution in [3.05, 3.63) is 36.4 Å². The Labute approximate surface area is 149 Å². The molecule has 1 N–H and O–H groups in total. The molecule has 2 aromatic carbocycles. The van der Waals surface area contributed by atoms with Gasteiger partial charge in [0.2, 0.25) is 0 Å². The van der Waals surface area contributed by atoms with Crippen LogP contribution in [0.25, 0.3) is 22.1 Å². The Hall–Kier alpha value is -2.40. The number of hydrogen-bond acceptors (Lipinski definition) is 5. The van der Waals surface area contributed by atoms with Crippen molar-refractivity contribution < 1.29 is 4.74 Å². The zero-order chi connectivity index (χ0) is 17.6. The summed E-state index contributed by atoms with van der Waals surface area (Å²) < 4.78 is 5.44. The summed E-state index contributed by atoms with van der Waals surface area (Å²) in [7, 11) is 1.68. The van der Waals surface area contributed by atoms with E-state index in [0.717, 1.165) is 66.1 Å². The maximum atomic E-state index is 5.44. The normalized spacial score (nSPS) is 11.4. The molecule has 5 nitrogen and oxygen atoms in total. The number of anilines is 1. The Bertz CT molecular complexity index is 846. The highest BCUT2D eigenvalue weighted by molar-refractivity contribution is 5.94. The molecule has 0 fully saturated rings. The lowest BCUT2D eigenvalue weighted by Gasteiger charge is -2.18. The summed E-state index contributed by atoms with van der Waals surface area (Å²) in [4.78, 5) is 12.0. The fraction of sp³-hybridized carbons (Fsp3) is 0.400. The zero-order valence-electron chi connectivity index (χ0n) is 15.2. The number of para-hydroxylation sites is 2. The Morgan fingerprint density at radius 3 is 2.40 bits per heavy atom. The number of methoxy groups -OCH3 is 1. The van der Waals surface area contributed by atoms with Crippen LogP contribution in [0.2, 0.25) is 0 Å². The molecule has 0 atom stereocenters. The molecule has 0 aliphatic heterocycles. The average molecular weight is 338 g/mol. The topological polar surface area (TPSA) is 50.3 Å². The standard InChI is InChI=1S/C20H26N4O/c1-4-24(5-2)12-8-11-21-18-13-15(25-3)14-19-20(18)23-17-10-7-6-9-16(17)22-19/h6-7,9-10,13-14,21H,4-5,8,11-12H2,1-3H3. The minimum Gasteiger partial charge on any atom is -0.497 e. The van der Waals surface area contributed by atoms with Gasteiger partial charge in [-0.3, -0.25) is 0 Å². The van der Waals surface area contributed by atoms with E-state index in [1.54, 1.807) is 7.11 Å². The molecule has 25 heavy (non-hydrogen) atoms. The lowest BCUT2D eigenvalue weighted by Crippen LogP contribution is -2.25. The summed E-state index contributed by atoms with van der Waals surface area (Å²) in [6.45, 7) is 8.58. The predicted molar refractivity (Wildman–Crippen MR) is 104 cm³/mol. The highest BCUT2D eigenvalue weighted by Crippen LogP contribution is 2.28. The number of hydrogen-bond donors (Lipinski definition) is 1. The van der Waals surface area contributed by atoms with Gasteiger partial charge in [0.15, 0.2) is 0 Å². The maximum Gasteiger partial charge on any atom is 0.123 e. The Morgan fingerprint density at radius 1 is 1.00 bits per heavy atom. The van der Waals surface area contributed by atoms with Crippen LogP contribution in [0.15, 0.2) is 36.4 Å². The first-order valence-electron chi connectivity index (χ1n) is 8.96. The van der Waals surface area contributed by atoms with E-state index in [1.807, 2.05) is 36.4 Å². The van der Waals surface area contributed by atoms with Crippen LogP contribution >= 0.6 is 0 Å². The predicted octanol–water partition coefficient (Wildman–Crippen LogP) is 3.94. The third kappa shape index (κ3) is 3.99. The van der Waals surface area contributed by atoms with Gasteiger partial charge in [-0.25, -0.2) is 9.97 Å². The molecule has 1 heterocycles. The van der Waals surface area contributed by atoms with Gasteiger partial charge < -0.3 is 15.0 Å². The number of nitrogens with zero attached hydrogens (tertiary/aromatic N) is 3. The summed E-state index contributed by atoms with van der Waals surface area (Å²) >= 11 is 0. The molecule has 3 rings (SSSR count). The minimum absolute atomic E-state index is 0.795. The molecule has 0 spiro atoms. The summed E-state index contributed by atoms with van der Waals surface area (Å²) in [6.07, 6.45) is 1.08. The second-order valence-electron chi connectivity index (χ2n) is 6.06. The maximum absolute atomic E-state index is 5.44. The third-order valence-electron chi connectivity index (χ3n) is 4.51. The molecule has 1 aromatic heterocycles. The van der Waals surface area contributed by atoms with Gasteiger partial charge in [-0.15, -0.1) is 0 Å². The van der Waals surface area contributed by atoms with E-state index in [9.17, 15) is 0 Å². The van der Waals surface area contributed by atoms with Gasteiger partial charge in [-0.05, 0) is 38.2 Å². The molecule has 0 saturated carbocycles. The van der Waals surface area contributed by atoms with Crippen LogP contribution in [0.5, 0.6) is 5.75 Å². The van der Waals surface area contributed by atoms with Crippen molar-refractivity contribution in [1.29, 1.82) is 0 Å². The van der Waals surface area contributed by atoms with Crippen molar-refractivity contribution in [2.24, 2.45) is 0 Å². The third-order valence-corrected chi connectivity index (χ3v) is 4.51. The van der Waals surface area contributed by atoms with Crippen molar-refractivity contribution in [1.82, 2.24) is 14.9 Å². The van der Waals surface area contributed by atoms with Crippen LogP contribution in [-0.2, 0) is 0 Å². The van der Waals surface area contributed by atoms with E-state index in [-0.39, 0.29) is 0 Å². The van der Waals surface area contributed by atoms with Crippen molar-refractivity contribution in [2.45, 2.75) is 20.3 Å². The van der Waals surface area contributed by atoms with Gasteiger partial charge in [0, 0.05) is 18.7 Å². The number of rotatable bonds is 8. The molecule has 0 aliphatic carbocycles. The van der Waals surface area contributed by atoms with Gasteiger partial charge in [0.1, 0.15) is 11.3 Å². The number of nitrogens with one attached hydrogen (secondary N) is 1. The molecule has 0 unspecified atom stereocenters. The molecule has 0 aliphatic rings. The van der Waals surface area contributed by atoms with E-state index in [4.69, 9.17) is 14.7 Å². The van der Waals surface area contributed by atoms with Crippen LogP contribution < -0.4 is 10.1 Å². The minimum atomic E-state index is 0.795. The molecule has 0 bridgehead atoms.